The number of esters is 1. The molecule has 0 aliphatic heterocycles. The lowest BCUT2D eigenvalue weighted by molar-refractivity contribution is -0.137. The van der Waals surface area contributed by atoms with Crippen molar-refractivity contribution in [3.63, 3.8) is 0 Å². The lowest BCUT2D eigenvalue weighted by Crippen LogP contribution is -2.11. The van der Waals surface area contributed by atoms with E-state index in [1.807, 2.05) is 6.92 Å². The summed E-state index contributed by atoms with van der Waals surface area (Å²) in [6, 6.07) is 22.6. The molecular formula is C20H24O2Si. The highest BCUT2D eigenvalue weighted by molar-refractivity contribution is 6.39. The molecule has 0 fully saturated rings. The quantitative estimate of drug-likeness (QED) is 0.319. The van der Waals surface area contributed by atoms with Crippen LogP contribution in [0.25, 0.3) is 0 Å². The van der Waals surface area contributed by atoms with Gasteiger partial charge in [0.25, 0.3) is 0 Å². The summed E-state index contributed by atoms with van der Waals surface area (Å²) in [5.41, 5.74) is 3.33. The van der Waals surface area contributed by atoms with E-state index in [0.29, 0.717) is 12.1 Å². The predicted molar refractivity (Wildman–Crippen MR) is 98.5 cm³/mol. The third-order valence-electron chi connectivity index (χ3n) is 3.84. The van der Waals surface area contributed by atoms with Crippen LogP contribution in [0.15, 0.2) is 72.8 Å². The minimum absolute atomic E-state index is 0.239. The molecule has 0 radical (unpaired) electrons. The van der Waals surface area contributed by atoms with Gasteiger partial charge in [0, 0.05) is 15.6 Å². The molecule has 0 N–H and O–H groups in total. The number of benzene rings is 2. The van der Waals surface area contributed by atoms with Crippen LogP contribution >= 0.6 is 0 Å². The van der Waals surface area contributed by atoms with Crippen LogP contribution in [-0.2, 0) is 9.53 Å². The Kier molecular flexibility index (Phi) is 7.34. The van der Waals surface area contributed by atoms with Gasteiger partial charge in [0.05, 0.1) is 6.61 Å². The molecule has 0 atom stereocenters. The maximum Gasteiger partial charge on any atom is 0.330 e. The van der Waals surface area contributed by atoms with Crippen molar-refractivity contribution in [1.82, 2.24) is 0 Å². The molecule has 2 rings (SSSR count). The van der Waals surface area contributed by atoms with Crippen molar-refractivity contribution in [3.05, 3.63) is 83.9 Å². The minimum atomic E-state index is -0.337. The number of allylic oxidation sites excluding steroid dienone is 1. The molecule has 3 heteroatoms. The van der Waals surface area contributed by atoms with E-state index in [9.17, 15) is 4.79 Å². The molecular weight excluding hydrogens is 300 g/mol. The fourth-order valence-corrected chi connectivity index (χ4v) is 4.82. The second kappa shape index (κ2) is 9.80. The minimum Gasteiger partial charge on any atom is -0.463 e. The summed E-state index contributed by atoms with van der Waals surface area (Å²) >= 11 is 0. The van der Waals surface area contributed by atoms with Gasteiger partial charge in [-0.1, -0.05) is 72.8 Å². The average Bonchev–Trinajstić information content (AvgIpc) is 2.60. The smallest absolute Gasteiger partial charge is 0.330 e. The molecule has 0 amide bonds. The monoisotopic (exact) mass is 324 g/mol. The van der Waals surface area contributed by atoms with Crippen LogP contribution in [0.2, 0.25) is 6.04 Å². The van der Waals surface area contributed by atoms with Crippen LogP contribution in [0.5, 0.6) is 0 Å². The van der Waals surface area contributed by atoms with Crippen LogP contribution in [-0.4, -0.2) is 22.1 Å². The fraction of sp³-hybridized carbons (Fsp3) is 0.250. The number of carbonyl (C=O) groups excluding carboxylic acids is 1. The largest absolute Gasteiger partial charge is 0.463 e. The SMILES string of the molecule is CC=CC(=O)OCCC[SiH2]C(c1ccccc1)c1ccccc1. The van der Waals surface area contributed by atoms with Gasteiger partial charge in [0.1, 0.15) is 0 Å². The van der Waals surface area contributed by atoms with Gasteiger partial charge >= 0.3 is 5.97 Å². The zero-order chi connectivity index (χ0) is 16.3. The highest BCUT2D eigenvalue weighted by Crippen LogP contribution is 2.24. The summed E-state index contributed by atoms with van der Waals surface area (Å²) in [7, 11) is -0.337. The zero-order valence-electron chi connectivity index (χ0n) is 13.7. The van der Waals surface area contributed by atoms with E-state index in [4.69, 9.17) is 4.74 Å². The summed E-state index contributed by atoms with van der Waals surface area (Å²) in [5.74, 6) is -0.239. The van der Waals surface area contributed by atoms with E-state index in [1.54, 1.807) is 6.08 Å². The van der Waals surface area contributed by atoms with Gasteiger partial charge in [-0.3, -0.25) is 0 Å². The number of hydrogen-bond acceptors (Lipinski definition) is 2. The fourth-order valence-electron chi connectivity index (χ4n) is 2.70. The standard InChI is InChI=1S/C20H24O2Si/c1-2-10-19(21)22-15-9-16-23-20(17-11-5-3-6-12-17)18-13-7-4-8-14-18/h2-8,10-14,20H,9,15-16,23H2,1H3. The molecule has 0 bridgehead atoms. The van der Waals surface area contributed by atoms with Gasteiger partial charge in [-0.25, -0.2) is 4.79 Å². The third kappa shape index (κ3) is 5.87. The highest BCUT2D eigenvalue weighted by Gasteiger charge is 2.13. The van der Waals surface area contributed by atoms with Crippen molar-refractivity contribution in [2.75, 3.05) is 6.61 Å². The van der Waals surface area contributed by atoms with Crippen molar-refractivity contribution in [3.8, 4) is 0 Å². The molecule has 0 unspecified atom stereocenters. The second-order valence-corrected chi connectivity index (χ2v) is 7.64. The Bertz CT molecular complexity index is 569. The molecule has 0 spiro atoms. The molecule has 0 saturated heterocycles. The van der Waals surface area contributed by atoms with Crippen molar-refractivity contribution in [2.24, 2.45) is 0 Å². The number of rotatable bonds is 8. The Hall–Kier alpha value is -2.13. The van der Waals surface area contributed by atoms with Gasteiger partial charge in [-0.2, -0.15) is 0 Å². The van der Waals surface area contributed by atoms with Gasteiger partial charge in [-0.15, -0.1) is 0 Å². The molecule has 0 heterocycles. The van der Waals surface area contributed by atoms with Crippen molar-refractivity contribution < 1.29 is 9.53 Å². The molecule has 2 nitrogen and oxygen atoms in total. The van der Waals surface area contributed by atoms with E-state index >= 15 is 0 Å². The Morgan fingerprint density at radius 1 is 1.04 bits per heavy atom. The Morgan fingerprint density at radius 3 is 2.13 bits per heavy atom. The first-order valence-corrected chi connectivity index (χ1v) is 10.0. The summed E-state index contributed by atoms with van der Waals surface area (Å²) in [4.78, 5) is 11.3. The summed E-state index contributed by atoms with van der Waals surface area (Å²) in [6.45, 7) is 2.34. The van der Waals surface area contributed by atoms with Gasteiger partial charge in [0.2, 0.25) is 0 Å². The van der Waals surface area contributed by atoms with Crippen LogP contribution in [0.1, 0.15) is 30.0 Å². The van der Waals surface area contributed by atoms with Gasteiger partial charge < -0.3 is 4.74 Å². The summed E-state index contributed by atoms with van der Waals surface area (Å²) < 4.78 is 5.17. The first-order chi connectivity index (χ1) is 11.3. The van der Waals surface area contributed by atoms with Crippen LogP contribution in [0.3, 0.4) is 0 Å². The van der Waals surface area contributed by atoms with E-state index in [1.165, 1.54) is 17.2 Å². The maximum atomic E-state index is 11.3. The van der Waals surface area contributed by atoms with Gasteiger partial charge in [0.15, 0.2) is 0 Å². The first kappa shape index (κ1) is 17.2. The van der Waals surface area contributed by atoms with E-state index < -0.39 is 0 Å². The molecule has 2 aromatic carbocycles. The van der Waals surface area contributed by atoms with Crippen LogP contribution in [0, 0.1) is 0 Å². The maximum absolute atomic E-state index is 11.3. The highest BCUT2D eigenvalue weighted by atomic mass is 28.2. The Balaban J connectivity index is 1.91. The topological polar surface area (TPSA) is 26.3 Å². The van der Waals surface area contributed by atoms with Crippen molar-refractivity contribution in [1.29, 1.82) is 0 Å². The van der Waals surface area contributed by atoms with Crippen molar-refractivity contribution in [2.45, 2.75) is 24.9 Å². The lowest BCUT2D eigenvalue weighted by Gasteiger charge is -2.17. The zero-order valence-corrected chi connectivity index (χ0v) is 15.1. The molecule has 2 aromatic rings. The first-order valence-electron chi connectivity index (χ1n) is 8.20. The van der Waals surface area contributed by atoms with E-state index in [-0.39, 0.29) is 15.5 Å². The number of ether oxygens (including phenoxy) is 1. The number of carbonyl (C=O) groups is 1. The van der Waals surface area contributed by atoms with E-state index in [2.05, 4.69) is 60.7 Å². The molecule has 0 aliphatic carbocycles. The normalized spacial score (nSPS) is 11.6. The Labute approximate surface area is 141 Å². The molecule has 0 aromatic heterocycles. The predicted octanol–water partition coefficient (Wildman–Crippen LogP) is 3.87. The number of hydrogen-bond donors (Lipinski definition) is 0. The van der Waals surface area contributed by atoms with Crippen LogP contribution < -0.4 is 0 Å². The molecule has 0 saturated carbocycles. The van der Waals surface area contributed by atoms with E-state index in [0.717, 1.165) is 12.5 Å². The molecule has 0 aliphatic rings. The summed E-state index contributed by atoms with van der Waals surface area (Å²) in [6.07, 6.45) is 4.12. The van der Waals surface area contributed by atoms with Gasteiger partial charge in [-0.05, 0) is 30.0 Å². The van der Waals surface area contributed by atoms with Crippen LogP contribution in [0.4, 0.5) is 0 Å². The average molecular weight is 324 g/mol. The van der Waals surface area contributed by atoms with Crippen molar-refractivity contribution >= 4 is 15.5 Å². The lowest BCUT2D eigenvalue weighted by atomic mass is 10.0. The third-order valence-corrected chi connectivity index (χ3v) is 6.27. The second-order valence-electron chi connectivity index (χ2n) is 5.54. The molecule has 23 heavy (non-hydrogen) atoms. The Morgan fingerprint density at radius 2 is 1.61 bits per heavy atom. The molecule has 120 valence electrons. The summed E-state index contributed by atoms with van der Waals surface area (Å²) in [5, 5.41) is 0.